The first-order valence-corrected chi connectivity index (χ1v) is 9.21. The van der Waals surface area contributed by atoms with Crippen LogP contribution in [0.15, 0.2) is 48.7 Å². The molecule has 1 aromatic carbocycles. The van der Waals surface area contributed by atoms with E-state index >= 15 is 0 Å². The van der Waals surface area contributed by atoms with E-state index in [0.717, 1.165) is 22.3 Å². The van der Waals surface area contributed by atoms with Crippen LogP contribution in [0, 0.1) is 0 Å². The molecule has 0 amide bonds. The molecule has 1 fully saturated rings. The lowest BCUT2D eigenvalue weighted by Crippen LogP contribution is -2.12. The number of fused-ring (bicyclic) bond motifs is 1. The number of aromatic amines is 1. The number of nitrogens with one attached hydrogen (secondary N) is 2. The Morgan fingerprint density at radius 1 is 1.22 bits per heavy atom. The zero-order chi connectivity index (χ0) is 18.4. The number of aromatic nitrogens is 5. The smallest absolute Gasteiger partial charge is 0.243 e. The second-order valence-electron chi connectivity index (χ2n) is 7.10. The van der Waals surface area contributed by atoms with Crippen LogP contribution in [0.3, 0.4) is 0 Å². The van der Waals surface area contributed by atoms with Gasteiger partial charge < -0.3 is 11.1 Å². The molecule has 7 nitrogen and oxygen atoms in total. The minimum Gasteiger partial charge on any atom is -0.382 e. The lowest BCUT2D eigenvalue weighted by molar-refractivity contribution is 0.827. The SMILES string of the molecule is C[C@H](Nc1nc(N)c2c(-c3cc(C4CC4)[nH]n3)ccn2n1)c1ccccc1. The predicted molar refractivity (Wildman–Crippen MR) is 105 cm³/mol. The van der Waals surface area contributed by atoms with Crippen molar-refractivity contribution >= 4 is 17.3 Å². The van der Waals surface area contributed by atoms with E-state index in [1.807, 2.05) is 30.5 Å². The fourth-order valence-electron chi connectivity index (χ4n) is 3.42. The zero-order valence-corrected chi connectivity index (χ0v) is 15.1. The summed E-state index contributed by atoms with van der Waals surface area (Å²) in [6, 6.07) is 14.3. The third-order valence-corrected chi connectivity index (χ3v) is 5.07. The maximum Gasteiger partial charge on any atom is 0.243 e. The number of hydrogen-bond donors (Lipinski definition) is 3. The molecule has 0 bridgehead atoms. The average Bonchev–Trinajstić information content (AvgIpc) is 3.25. The summed E-state index contributed by atoms with van der Waals surface area (Å²) in [5, 5.41) is 15.5. The topological polar surface area (TPSA) is 96.9 Å². The first kappa shape index (κ1) is 15.9. The van der Waals surface area contributed by atoms with Crippen LogP contribution < -0.4 is 11.1 Å². The molecule has 0 unspecified atom stereocenters. The van der Waals surface area contributed by atoms with Crippen molar-refractivity contribution in [1.29, 1.82) is 0 Å². The molecule has 136 valence electrons. The largest absolute Gasteiger partial charge is 0.382 e. The molecule has 3 aromatic heterocycles. The third kappa shape index (κ3) is 2.91. The van der Waals surface area contributed by atoms with E-state index in [1.54, 1.807) is 4.52 Å². The number of H-pyrrole nitrogens is 1. The van der Waals surface area contributed by atoms with Gasteiger partial charge in [0.1, 0.15) is 5.52 Å². The van der Waals surface area contributed by atoms with Gasteiger partial charge in [-0.1, -0.05) is 30.3 Å². The van der Waals surface area contributed by atoms with E-state index in [0.29, 0.717) is 17.7 Å². The Hall–Kier alpha value is -3.35. The highest BCUT2D eigenvalue weighted by Crippen LogP contribution is 2.40. The molecule has 7 heteroatoms. The molecule has 27 heavy (non-hydrogen) atoms. The van der Waals surface area contributed by atoms with Gasteiger partial charge in [-0.05, 0) is 37.5 Å². The number of anilines is 2. The maximum atomic E-state index is 6.28. The molecule has 4 N–H and O–H groups in total. The Balaban J connectivity index is 1.47. The molecular formula is C20H21N7. The van der Waals surface area contributed by atoms with Crippen LogP contribution in [0.1, 0.15) is 43.0 Å². The summed E-state index contributed by atoms with van der Waals surface area (Å²) in [5.41, 5.74) is 11.2. The Kier molecular flexibility index (Phi) is 3.60. The lowest BCUT2D eigenvalue weighted by atomic mass is 10.1. The summed E-state index contributed by atoms with van der Waals surface area (Å²) in [6.45, 7) is 2.07. The molecule has 0 spiro atoms. The number of nitrogens with zero attached hydrogens (tertiary/aromatic N) is 4. The molecule has 1 aliphatic carbocycles. The minimum absolute atomic E-state index is 0.0746. The summed E-state index contributed by atoms with van der Waals surface area (Å²) >= 11 is 0. The molecular weight excluding hydrogens is 338 g/mol. The Labute approximate surface area is 156 Å². The van der Waals surface area contributed by atoms with Crippen molar-refractivity contribution in [2.75, 3.05) is 11.1 Å². The van der Waals surface area contributed by atoms with Crippen molar-refractivity contribution in [2.24, 2.45) is 0 Å². The molecule has 3 heterocycles. The Morgan fingerprint density at radius 3 is 2.81 bits per heavy atom. The molecule has 5 rings (SSSR count). The first-order chi connectivity index (χ1) is 13.2. The Bertz CT molecular complexity index is 1090. The average molecular weight is 359 g/mol. The second-order valence-corrected chi connectivity index (χ2v) is 7.10. The van der Waals surface area contributed by atoms with E-state index < -0.39 is 0 Å². The molecule has 4 aromatic rings. The Morgan fingerprint density at radius 2 is 2.04 bits per heavy atom. The van der Waals surface area contributed by atoms with Gasteiger partial charge >= 0.3 is 0 Å². The monoisotopic (exact) mass is 359 g/mol. The number of benzene rings is 1. The van der Waals surface area contributed by atoms with Gasteiger partial charge in [0.2, 0.25) is 5.95 Å². The highest BCUT2D eigenvalue weighted by molar-refractivity contribution is 5.86. The van der Waals surface area contributed by atoms with E-state index in [4.69, 9.17) is 5.73 Å². The van der Waals surface area contributed by atoms with Crippen molar-refractivity contribution in [2.45, 2.75) is 31.7 Å². The molecule has 0 saturated heterocycles. The standard InChI is InChI=1S/C20H21N7/c1-12(13-5-3-2-4-6-13)22-20-23-19(21)18-15(9-10-27(18)26-20)17-11-16(24-25-17)14-7-8-14/h2-6,9-12,14H,7-8H2,1H3,(H,24,25)(H3,21,22,23,26)/t12-/m0/s1. The second kappa shape index (κ2) is 6.12. The van der Waals surface area contributed by atoms with Gasteiger partial charge in [-0.2, -0.15) is 10.1 Å². The van der Waals surface area contributed by atoms with Crippen LogP contribution in [0.4, 0.5) is 11.8 Å². The van der Waals surface area contributed by atoms with Crippen molar-refractivity contribution in [3.05, 3.63) is 59.9 Å². The van der Waals surface area contributed by atoms with Gasteiger partial charge in [-0.25, -0.2) is 4.52 Å². The van der Waals surface area contributed by atoms with Crippen molar-refractivity contribution in [3.63, 3.8) is 0 Å². The predicted octanol–water partition coefficient (Wildman–Crippen LogP) is 3.75. The van der Waals surface area contributed by atoms with E-state index in [9.17, 15) is 0 Å². The third-order valence-electron chi connectivity index (χ3n) is 5.07. The van der Waals surface area contributed by atoms with Crippen molar-refractivity contribution < 1.29 is 0 Å². The van der Waals surface area contributed by atoms with Gasteiger partial charge in [-0.15, -0.1) is 5.10 Å². The van der Waals surface area contributed by atoms with Gasteiger partial charge in [0.25, 0.3) is 0 Å². The summed E-state index contributed by atoms with van der Waals surface area (Å²) in [4.78, 5) is 4.48. The molecule has 1 saturated carbocycles. The van der Waals surface area contributed by atoms with Gasteiger partial charge in [0.05, 0.1) is 11.7 Å². The fraction of sp³-hybridized carbons (Fsp3) is 0.250. The van der Waals surface area contributed by atoms with Crippen molar-refractivity contribution in [3.8, 4) is 11.3 Å². The quantitative estimate of drug-likeness (QED) is 0.504. The molecule has 0 radical (unpaired) electrons. The van der Waals surface area contributed by atoms with Crippen molar-refractivity contribution in [1.82, 2.24) is 24.8 Å². The summed E-state index contributed by atoms with van der Waals surface area (Å²) in [7, 11) is 0. The summed E-state index contributed by atoms with van der Waals surface area (Å²) < 4.78 is 1.77. The van der Waals surface area contributed by atoms with Crippen LogP contribution >= 0.6 is 0 Å². The highest BCUT2D eigenvalue weighted by Gasteiger charge is 2.26. The zero-order valence-electron chi connectivity index (χ0n) is 15.1. The summed E-state index contributed by atoms with van der Waals surface area (Å²) in [6.07, 6.45) is 4.36. The lowest BCUT2D eigenvalue weighted by Gasteiger charge is -2.14. The minimum atomic E-state index is 0.0746. The normalized spacial score (nSPS) is 15.1. The number of hydrogen-bond acceptors (Lipinski definition) is 5. The van der Waals surface area contributed by atoms with Crippen LogP contribution in [-0.2, 0) is 0 Å². The van der Waals surface area contributed by atoms with Crippen LogP contribution in [0.5, 0.6) is 0 Å². The number of nitrogen functional groups attached to an aromatic ring is 1. The van der Waals surface area contributed by atoms with Gasteiger partial charge in [-0.3, -0.25) is 5.10 Å². The first-order valence-electron chi connectivity index (χ1n) is 9.21. The molecule has 1 aliphatic rings. The van der Waals surface area contributed by atoms with Crippen LogP contribution in [-0.4, -0.2) is 24.8 Å². The number of nitrogens with two attached hydrogens (primary N) is 1. The van der Waals surface area contributed by atoms with Gasteiger partial charge in [0, 0.05) is 23.4 Å². The van der Waals surface area contributed by atoms with E-state index in [-0.39, 0.29) is 6.04 Å². The van der Waals surface area contributed by atoms with Crippen LogP contribution in [0.2, 0.25) is 0 Å². The van der Waals surface area contributed by atoms with Crippen LogP contribution in [0.25, 0.3) is 16.8 Å². The molecule has 0 aliphatic heterocycles. The maximum absolute atomic E-state index is 6.28. The molecule has 1 atom stereocenters. The van der Waals surface area contributed by atoms with E-state index in [1.165, 1.54) is 18.5 Å². The fourth-order valence-corrected chi connectivity index (χ4v) is 3.42. The highest BCUT2D eigenvalue weighted by atomic mass is 15.3. The summed E-state index contributed by atoms with van der Waals surface area (Å²) in [5.74, 6) is 1.56. The number of rotatable bonds is 5. The van der Waals surface area contributed by atoms with Gasteiger partial charge in [0.15, 0.2) is 5.82 Å². The van der Waals surface area contributed by atoms with E-state index in [2.05, 4.69) is 50.7 Å².